The van der Waals surface area contributed by atoms with Crippen molar-refractivity contribution in [2.45, 2.75) is 52.7 Å². The Hall–Kier alpha value is -4.73. The van der Waals surface area contributed by atoms with Gasteiger partial charge in [-0.2, -0.15) is 0 Å². The number of halogens is 3. The number of nitrogens with zero attached hydrogens (tertiary/aromatic N) is 5. The third kappa shape index (κ3) is 9.11. The van der Waals surface area contributed by atoms with Crippen LogP contribution < -0.4 is 19.3 Å². The highest BCUT2D eigenvalue weighted by atomic mass is 79.9. The Balaban J connectivity index is 0.000000184. The lowest BCUT2D eigenvalue weighted by Gasteiger charge is -2.42. The summed E-state index contributed by atoms with van der Waals surface area (Å²) in [4.78, 5) is 55.8. The summed E-state index contributed by atoms with van der Waals surface area (Å²) in [5.41, 5.74) is 1.62. The third-order valence-electron chi connectivity index (χ3n) is 9.66. The Bertz CT molecular complexity index is 2260. The lowest BCUT2D eigenvalue weighted by molar-refractivity contribution is -0.122. The molecule has 308 valence electrons. The fourth-order valence-electron chi connectivity index (χ4n) is 6.91. The van der Waals surface area contributed by atoms with Gasteiger partial charge in [-0.25, -0.2) is 9.59 Å². The van der Waals surface area contributed by atoms with Crippen LogP contribution in [0.1, 0.15) is 41.5 Å². The standard InChI is InChI=1S/C24H24ClN3O5.C17H20BrClN2O4/c1-24(2,3)32-23(30)27-10-14(11-27)12-28-19-9-17(25)16(8-20(19)31-13-21(28)29)22-15-6-4-5-7-18(15)26-33-22;1-17(2,3)25-16(23)20-6-10(7-20)8-21-13-5-12(19)11(18)4-14(13)24-9-15(21)22/h4-9,14H,10-13H2,1-3H3;4-5,10H,6-9H2,1-3H3. The molecule has 0 N–H and O–H groups in total. The van der Waals surface area contributed by atoms with E-state index in [0.717, 1.165) is 15.4 Å². The monoisotopic (exact) mass is 899 g/mol. The second kappa shape index (κ2) is 16.1. The number of likely N-dealkylation sites (tertiary alicyclic amines) is 2. The number of anilines is 2. The van der Waals surface area contributed by atoms with Crippen molar-refractivity contribution in [2.75, 3.05) is 62.3 Å². The van der Waals surface area contributed by atoms with Crippen LogP contribution in [0.5, 0.6) is 11.5 Å². The molecule has 8 rings (SSSR count). The molecule has 0 atom stereocenters. The Labute approximate surface area is 354 Å². The Morgan fingerprint density at radius 3 is 1.76 bits per heavy atom. The number of ether oxygens (including phenoxy) is 4. The highest BCUT2D eigenvalue weighted by Crippen LogP contribution is 2.44. The van der Waals surface area contributed by atoms with Crippen molar-refractivity contribution < 1.29 is 42.6 Å². The maximum absolute atomic E-state index is 12.7. The van der Waals surface area contributed by atoms with Crippen molar-refractivity contribution in [1.82, 2.24) is 15.0 Å². The van der Waals surface area contributed by atoms with Gasteiger partial charge in [-0.05, 0) is 93.9 Å². The van der Waals surface area contributed by atoms with Crippen LogP contribution in [0.25, 0.3) is 22.2 Å². The van der Waals surface area contributed by atoms with E-state index in [2.05, 4.69) is 21.1 Å². The highest BCUT2D eigenvalue weighted by Gasteiger charge is 2.39. The van der Waals surface area contributed by atoms with E-state index >= 15 is 0 Å². The van der Waals surface area contributed by atoms with Crippen LogP contribution in [0.4, 0.5) is 21.0 Å². The zero-order valence-corrected chi connectivity index (χ0v) is 36.1. The van der Waals surface area contributed by atoms with Crippen LogP contribution in [-0.4, -0.2) is 103 Å². The number of benzene rings is 3. The maximum Gasteiger partial charge on any atom is 0.410 e. The normalized spacial score (nSPS) is 17.0. The predicted molar refractivity (Wildman–Crippen MR) is 222 cm³/mol. The SMILES string of the molecule is CC(C)(C)OC(=O)N1CC(CN2C(=O)COc3cc(-c4onc5ccccc45)c(Cl)cc32)C1.CC(C)(C)OC(=O)N1CC(CN2C(=O)COc3cc(Br)c(Cl)cc32)C1. The van der Waals surface area contributed by atoms with Gasteiger partial charge >= 0.3 is 12.2 Å². The average molecular weight is 902 g/mol. The van der Waals surface area contributed by atoms with Crippen molar-refractivity contribution in [3.8, 4) is 22.8 Å². The molecule has 2 saturated heterocycles. The van der Waals surface area contributed by atoms with E-state index in [0.29, 0.717) is 83.5 Å². The fraction of sp³-hybridized carbons (Fsp3) is 0.439. The van der Waals surface area contributed by atoms with E-state index < -0.39 is 11.2 Å². The quantitative estimate of drug-likeness (QED) is 0.192. The summed E-state index contributed by atoms with van der Waals surface area (Å²) in [6.07, 6.45) is -0.649. The highest BCUT2D eigenvalue weighted by molar-refractivity contribution is 9.10. The molecule has 0 spiro atoms. The molecular formula is C41H44BrCl2N5O9. The van der Waals surface area contributed by atoms with Gasteiger partial charge in [0, 0.05) is 66.5 Å². The molecule has 3 aromatic carbocycles. The number of hydrogen-bond donors (Lipinski definition) is 0. The summed E-state index contributed by atoms with van der Waals surface area (Å²) in [6, 6.07) is 14.6. The molecule has 58 heavy (non-hydrogen) atoms. The molecule has 14 nitrogen and oxygen atoms in total. The first-order valence-electron chi connectivity index (χ1n) is 18.8. The van der Waals surface area contributed by atoms with Gasteiger partial charge in [0.15, 0.2) is 19.0 Å². The van der Waals surface area contributed by atoms with Gasteiger partial charge in [0.25, 0.3) is 11.8 Å². The topological polar surface area (TPSA) is 144 Å². The van der Waals surface area contributed by atoms with Gasteiger partial charge in [-0.1, -0.05) is 40.5 Å². The molecule has 0 saturated carbocycles. The summed E-state index contributed by atoms with van der Waals surface area (Å²) in [5.74, 6) is 1.82. The number of carbonyl (C=O) groups is 4. The van der Waals surface area contributed by atoms with Crippen molar-refractivity contribution >= 4 is 85.4 Å². The van der Waals surface area contributed by atoms with Crippen LogP contribution in [0, 0.1) is 11.8 Å². The number of rotatable bonds is 5. The number of carbonyl (C=O) groups excluding carboxylic acids is 4. The minimum Gasteiger partial charge on any atom is -0.482 e. The van der Waals surface area contributed by atoms with E-state index in [1.54, 1.807) is 43.9 Å². The predicted octanol–water partition coefficient (Wildman–Crippen LogP) is 8.44. The minimum absolute atomic E-state index is 0.00354. The molecule has 4 amide bonds. The first-order valence-corrected chi connectivity index (χ1v) is 20.4. The van der Waals surface area contributed by atoms with Crippen LogP contribution in [0.3, 0.4) is 0 Å². The van der Waals surface area contributed by atoms with E-state index in [-0.39, 0.29) is 49.1 Å². The molecule has 0 unspecified atom stereocenters. The number of amides is 4. The molecule has 0 radical (unpaired) electrons. The van der Waals surface area contributed by atoms with Gasteiger partial charge in [0.05, 0.1) is 21.4 Å². The Morgan fingerprint density at radius 2 is 1.24 bits per heavy atom. The van der Waals surface area contributed by atoms with Crippen molar-refractivity contribution in [2.24, 2.45) is 11.8 Å². The largest absolute Gasteiger partial charge is 0.482 e. The molecule has 4 aromatic rings. The summed E-state index contributed by atoms with van der Waals surface area (Å²) in [5, 5.41) is 5.90. The second-order valence-corrected chi connectivity index (χ2v) is 18.3. The van der Waals surface area contributed by atoms with Crippen molar-refractivity contribution in [3.63, 3.8) is 0 Å². The van der Waals surface area contributed by atoms with Crippen LogP contribution >= 0.6 is 39.1 Å². The van der Waals surface area contributed by atoms with E-state index in [1.807, 2.05) is 65.8 Å². The molecule has 17 heteroatoms. The second-order valence-electron chi connectivity index (χ2n) is 16.7. The summed E-state index contributed by atoms with van der Waals surface area (Å²) in [7, 11) is 0. The average Bonchev–Trinajstić information content (AvgIpc) is 3.52. The minimum atomic E-state index is -0.537. The Morgan fingerprint density at radius 1 is 0.759 bits per heavy atom. The number of hydrogen-bond acceptors (Lipinski definition) is 10. The molecule has 1 aromatic heterocycles. The van der Waals surface area contributed by atoms with Crippen molar-refractivity contribution in [3.05, 3.63) is 63.0 Å². The molecule has 0 aliphatic carbocycles. The molecule has 5 heterocycles. The lowest BCUT2D eigenvalue weighted by Crippen LogP contribution is -2.56. The van der Waals surface area contributed by atoms with Crippen LogP contribution in [-0.2, 0) is 19.1 Å². The number of aromatic nitrogens is 1. The van der Waals surface area contributed by atoms with E-state index in [1.165, 1.54) is 0 Å². The molecule has 4 aliphatic heterocycles. The molecule has 4 aliphatic rings. The van der Waals surface area contributed by atoms with Gasteiger partial charge in [-0.15, -0.1) is 0 Å². The van der Waals surface area contributed by atoms with E-state index in [9.17, 15) is 19.2 Å². The van der Waals surface area contributed by atoms with Gasteiger partial charge in [0.2, 0.25) is 0 Å². The lowest BCUT2D eigenvalue weighted by atomic mass is 9.99. The van der Waals surface area contributed by atoms with Crippen molar-refractivity contribution in [1.29, 1.82) is 0 Å². The van der Waals surface area contributed by atoms with Crippen LogP contribution in [0.2, 0.25) is 10.0 Å². The molecule has 2 fully saturated rings. The zero-order chi connectivity index (χ0) is 41.7. The maximum atomic E-state index is 12.7. The Kier molecular flexibility index (Phi) is 11.5. The molecule has 0 bridgehead atoms. The third-order valence-corrected chi connectivity index (χ3v) is 11.2. The summed E-state index contributed by atoms with van der Waals surface area (Å²) in [6.45, 7) is 14.2. The van der Waals surface area contributed by atoms with Crippen LogP contribution in [0.15, 0.2) is 57.5 Å². The summed E-state index contributed by atoms with van der Waals surface area (Å²) < 4.78 is 28.2. The summed E-state index contributed by atoms with van der Waals surface area (Å²) >= 11 is 16.1. The number of fused-ring (bicyclic) bond motifs is 3. The van der Waals surface area contributed by atoms with E-state index in [4.69, 9.17) is 46.7 Å². The van der Waals surface area contributed by atoms with Gasteiger partial charge < -0.3 is 43.1 Å². The zero-order valence-electron chi connectivity index (χ0n) is 33.0. The smallest absolute Gasteiger partial charge is 0.410 e. The van der Waals surface area contributed by atoms with Gasteiger partial charge in [-0.3, -0.25) is 9.59 Å². The van der Waals surface area contributed by atoms with Gasteiger partial charge in [0.1, 0.15) is 28.2 Å². The fourth-order valence-corrected chi connectivity index (χ4v) is 7.64. The first-order chi connectivity index (χ1) is 27.3. The molecular weight excluding hydrogens is 857 g/mol. The first kappa shape index (κ1) is 41.4.